The van der Waals surface area contributed by atoms with Gasteiger partial charge in [-0.3, -0.25) is 0 Å². The van der Waals surface area contributed by atoms with Gasteiger partial charge in [0.2, 0.25) is 0 Å². The SMILES string of the molecule is FC(F)(F)Oc1ccc(CC2(CBr)CCCC2)cc1. The molecule has 0 heterocycles. The van der Waals surface area contributed by atoms with E-state index in [9.17, 15) is 13.2 Å². The lowest BCUT2D eigenvalue weighted by atomic mass is 9.82. The zero-order valence-corrected chi connectivity index (χ0v) is 12.1. The van der Waals surface area contributed by atoms with Gasteiger partial charge in [0.05, 0.1) is 0 Å². The normalized spacial score (nSPS) is 18.5. The third kappa shape index (κ3) is 4.13. The molecule has 0 bridgehead atoms. The maximum absolute atomic E-state index is 12.1. The third-order valence-corrected chi connectivity index (χ3v) is 4.87. The highest BCUT2D eigenvalue weighted by Gasteiger charge is 2.33. The van der Waals surface area contributed by atoms with Gasteiger partial charge in [-0.15, -0.1) is 13.2 Å². The van der Waals surface area contributed by atoms with Gasteiger partial charge < -0.3 is 4.74 Å². The molecule has 0 N–H and O–H groups in total. The molecule has 0 spiro atoms. The molecule has 0 radical (unpaired) electrons. The summed E-state index contributed by atoms with van der Waals surface area (Å²) in [4.78, 5) is 0. The van der Waals surface area contributed by atoms with E-state index in [1.807, 2.05) is 0 Å². The summed E-state index contributed by atoms with van der Waals surface area (Å²) in [7, 11) is 0. The molecule has 0 atom stereocenters. The molecule has 0 aromatic heterocycles. The van der Waals surface area contributed by atoms with E-state index < -0.39 is 6.36 Å². The van der Waals surface area contributed by atoms with E-state index in [0.29, 0.717) is 0 Å². The molecule has 1 aliphatic rings. The van der Waals surface area contributed by atoms with Crippen molar-refractivity contribution in [2.24, 2.45) is 5.41 Å². The van der Waals surface area contributed by atoms with Crippen molar-refractivity contribution in [3.05, 3.63) is 29.8 Å². The summed E-state index contributed by atoms with van der Waals surface area (Å²) in [5, 5.41) is 0.945. The Morgan fingerprint density at radius 2 is 1.68 bits per heavy atom. The summed E-state index contributed by atoms with van der Waals surface area (Å²) in [5.74, 6) is -0.157. The Labute approximate surface area is 119 Å². The third-order valence-electron chi connectivity index (χ3n) is 3.68. The van der Waals surface area contributed by atoms with Crippen molar-refractivity contribution in [3.63, 3.8) is 0 Å². The van der Waals surface area contributed by atoms with Crippen LogP contribution in [0.1, 0.15) is 31.2 Å². The lowest BCUT2D eigenvalue weighted by molar-refractivity contribution is -0.274. The molecule has 0 aliphatic heterocycles. The summed E-state index contributed by atoms with van der Waals surface area (Å²) >= 11 is 3.57. The predicted octanol–water partition coefficient (Wildman–Crippen LogP) is 5.08. The number of hydrogen-bond acceptors (Lipinski definition) is 1. The zero-order valence-electron chi connectivity index (χ0n) is 10.5. The van der Waals surface area contributed by atoms with Gasteiger partial charge in [0.1, 0.15) is 5.75 Å². The fourth-order valence-corrected chi connectivity index (χ4v) is 3.48. The van der Waals surface area contributed by atoms with Gasteiger partial charge in [0.15, 0.2) is 0 Å². The highest BCUT2D eigenvalue weighted by Crippen LogP contribution is 2.42. The molecule has 0 unspecified atom stereocenters. The lowest BCUT2D eigenvalue weighted by Crippen LogP contribution is -2.21. The Balaban J connectivity index is 2.02. The highest BCUT2D eigenvalue weighted by molar-refractivity contribution is 9.09. The van der Waals surface area contributed by atoms with Crippen molar-refractivity contribution < 1.29 is 17.9 Å². The minimum Gasteiger partial charge on any atom is -0.406 e. The van der Waals surface area contributed by atoms with Crippen LogP contribution >= 0.6 is 15.9 Å². The first-order valence-electron chi connectivity index (χ1n) is 6.33. The first kappa shape index (κ1) is 14.7. The summed E-state index contributed by atoms with van der Waals surface area (Å²) in [6, 6.07) is 6.23. The van der Waals surface area contributed by atoms with Crippen LogP contribution in [-0.2, 0) is 6.42 Å². The van der Waals surface area contributed by atoms with Crippen LogP contribution < -0.4 is 4.74 Å². The molecule has 0 amide bonds. The number of halogens is 4. The van der Waals surface area contributed by atoms with Crippen molar-refractivity contribution in [1.82, 2.24) is 0 Å². The molecule has 106 valence electrons. The Morgan fingerprint density at radius 1 is 1.11 bits per heavy atom. The summed E-state index contributed by atoms with van der Waals surface area (Å²) in [5.41, 5.74) is 1.34. The van der Waals surface area contributed by atoms with E-state index in [1.165, 1.54) is 37.8 Å². The molecular formula is C14H16BrF3O. The molecule has 1 aliphatic carbocycles. The van der Waals surface area contributed by atoms with Crippen LogP contribution in [0.25, 0.3) is 0 Å². The maximum Gasteiger partial charge on any atom is 0.573 e. The minimum atomic E-state index is -4.62. The molecule has 0 saturated heterocycles. The van der Waals surface area contributed by atoms with E-state index in [0.717, 1.165) is 17.3 Å². The van der Waals surface area contributed by atoms with Crippen molar-refractivity contribution in [2.75, 3.05) is 5.33 Å². The van der Waals surface area contributed by atoms with Gasteiger partial charge in [-0.05, 0) is 42.4 Å². The lowest BCUT2D eigenvalue weighted by Gasteiger charge is -2.26. The quantitative estimate of drug-likeness (QED) is 0.696. The van der Waals surface area contributed by atoms with Crippen LogP contribution in [0.3, 0.4) is 0 Å². The van der Waals surface area contributed by atoms with Crippen molar-refractivity contribution >= 4 is 15.9 Å². The van der Waals surface area contributed by atoms with Gasteiger partial charge in [-0.25, -0.2) is 0 Å². The fraction of sp³-hybridized carbons (Fsp3) is 0.571. The van der Waals surface area contributed by atoms with E-state index >= 15 is 0 Å². The second kappa shape index (κ2) is 5.73. The van der Waals surface area contributed by atoms with Crippen molar-refractivity contribution in [1.29, 1.82) is 0 Å². The zero-order chi connectivity index (χ0) is 13.9. The maximum atomic E-state index is 12.1. The van der Waals surface area contributed by atoms with E-state index in [2.05, 4.69) is 20.7 Å². The molecule has 1 aromatic carbocycles. The first-order valence-corrected chi connectivity index (χ1v) is 7.45. The molecule has 1 fully saturated rings. The molecule has 1 nitrogen and oxygen atoms in total. The van der Waals surface area contributed by atoms with Gasteiger partial charge >= 0.3 is 6.36 Å². The van der Waals surface area contributed by atoms with E-state index in [-0.39, 0.29) is 11.2 Å². The number of alkyl halides is 4. The fourth-order valence-electron chi connectivity index (χ4n) is 2.72. The van der Waals surface area contributed by atoms with Crippen LogP contribution in [0.2, 0.25) is 0 Å². The Bertz CT molecular complexity index is 408. The topological polar surface area (TPSA) is 9.23 Å². The predicted molar refractivity (Wildman–Crippen MR) is 71.5 cm³/mol. The first-order chi connectivity index (χ1) is 8.92. The average Bonchev–Trinajstić information content (AvgIpc) is 2.79. The average molecular weight is 337 g/mol. The van der Waals surface area contributed by atoms with Gasteiger partial charge in [0, 0.05) is 5.33 Å². The molecule has 1 aromatic rings. The van der Waals surface area contributed by atoms with Crippen LogP contribution in [0, 0.1) is 5.41 Å². The van der Waals surface area contributed by atoms with Crippen LogP contribution in [0.15, 0.2) is 24.3 Å². The van der Waals surface area contributed by atoms with E-state index in [4.69, 9.17) is 0 Å². The van der Waals surface area contributed by atoms with Gasteiger partial charge in [-0.2, -0.15) is 0 Å². The minimum absolute atomic E-state index is 0.157. The molecular weight excluding hydrogens is 321 g/mol. The summed E-state index contributed by atoms with van der Waals surface area (Å²) in [6.45, 7) is 0. The van der Waals surface area contributed by atoms with Crippen molar-refractivity contribution in [2.45, 2.75) is 38.5 Å². The second-order valence-corrected chi connectivity index (χ2v) is 5.77. The Morgan fingerprint density at radius 3 is 2.16 bits per heavy atom. The van der Waals surface area contributed by atoms with Crippen LogP contribution in [0.5, 0.6) is 5.75 Å². The second-order valence-electron chi connectivity index (χ2n) is 5.21. The standard InChI is InChI=1S/C14H16BrF3O/c15-10-13(7-1-2-8-13)9-11-3-5-12(6-4-11)19-14(16,17)18/h3-6H,1-2,7-10H2. The molecule has 19 heavy (non-hydrogen) atoms. The van der Waals surface area contributed by atoms with E-state index in [1.54, 1.807) is 12.1 Å². The summed E-state index contributed by atoms with van der Waals surface area (Å²) < 4.78 is 40.0. The van der Waals surface area contributed by atoms with Gasteiger partial charge in [0.25, 0.3) is 0 Å². The molecule has 5 heteroatoms. The number of benzene rings is 1. The largest absolute Gasteiger partial charge is 0.573 e. The number of hydrogen-bond donors (Lipinski definition) is 0. The number of rotatable bonds is 4. The Hall–Kier alpha value is -0.710. The Kier molecular flexibility index (Phi) is 4.43. The highest BCUT2D eigenvalue weighted by atomic mass is 79.9. The summed E-state index contributed by atoms with van der Waals surface area (Å²) in [6.07, 6.45) is 1.12. The van der Waals surface area contributed by atoms with Crippen LogP contribution in [-0.4, -0.2) is 11.7 Å². The number of ether oxygens (including phenoxy) is 1. The molecule has 1 saturated carbocycles. The monoisotopic (exact) mass is 336 g/mol. The van der Waals surface area contributed by atoms with Crippen molar-refractivity contribution in [3.8, 4) is 5.75 Å². The molecule has 2 rings (SSSR count). The van der Waals surface area contributed by atoms with Crippen LogP contribution in [0.4, 0.5) is 13.2 Å². The smallest absolute Gasteiger partial charge is 0.406 e. The van der Waals surface area contributed by atoms with Gasteiger partial charge in [-0.1, -0.05) is 40.9 Å².